The van der Waals surface area contributed by atoms with Crippen LogP contribution in [0.1, 0.15) is 52.4 Å². The molecule has 1 aliphatic rings. The predicted molar refractivity (Wildman–Crippen MR) is 55.2 cm³/mol. The smallest absolute Gasteiger partial charge is 0.0205 e. The Hall–Kier alpha value is -0.260. The van der Waals surface area contributed by atoms with E-state index in [1.807, 2.05) is 0 Å². The van der Waals surface area contributed by atoms with E-state index < -0.39 is 0 Å². The van der Waals surface area contributed by atoms with Gasteiger partial charge in [-0.25, -0.2) is 0 Å². The van der Waals surface area contributed by atoms with Gasteiger partial charge in [0.15, 0.2) is 0 Å². The highest BCUT2D eigenvalue weighted by atomic mass is 14.3. The lowest BCUT2D eigenvalue weighted by molar-refractivity contribution is 0.266. The molecule has 1 saturated carbocycles. The Morgan fingerprint density at radius 3 is 2.67 bits per heavy atom. The highest BCUT2D eigenvalue weighted by Gasteiger charge is 2.21. The zero-order chi connectivity index (χ0) is 8.81. The molecule has 2 atom stereocenters. The van der Waals surface area contributed by atoms with Crippen molar-refractivity contribution in [3.63, 3.8) is 0 Å². The molecule has 0 heteroatoms. The Kier molecular flexibility index (Phi) is 4.42. The fraction of sp³-hybridized carbons (Fsp3) is 0.833. The molecule has 70 valence electrons. The minimum absolute atomic E-state index is 0.906. The van der Waals surface area contributed by atoms with E-state index in [0.717, 1.165) is 11.8 Å². The SMILES string of the molecule is C/C=C\C1CCCCC1CCC. The van der Waals surface area contributed by atoms with Gasteiger partial charge in [-0.3, -0.25) is 0 Å². The first-order valence-electron chi connectivity index (χ1n) is 5.51. The maximum atomic E-state index is 2.43. The minimum atomic E-state index is 0.906. The van der Waals surface area contributed by atoms with Gasteiger partial charge in [-0.15, -0.1) is 0 Å². The summed E-state index contributed by atoms with van der Waals surface area (Å²) < 4.78 is 0. The van der Waals surface area contributed by atoms with Gasteiger partial charge in [0.2, 0.25) is 0 Å². The Morgan fingerprint density at radius 1 is 1.25 bits per heavy atom. The molecule has 1 aliphatic carbocycles. The van der Waals surface area contributed by atoms with Gasteiger partial charge in [-0.1, -0.05) is 44.8 Å². The molecule has 0 aromatic rings. The molecule has 0 nitrogen and oxygen atoms in total. The Bertz CT molecular complexity index is 133. The molecule has 0 heterocycles. The molecule has 1 rings (SSSR count). The van der Waals surface area contributed by atoms with Crippen LogP contribution >= 0.6 is 0 Å². The molecule has 1 fully saturated rings. The van der Waals surface area contributed by atoms with Crippen molar-refractivity contribution in [3.05, 3.63) is 12.2 Å². The van der Waals surface area contributed by atoms with Crippen molar-refractivity contribution < 1.29 is 0 Å². The van der Waals surface area contributed by atoms with Crippen molar-refractivity contribution >= 4 is 0 Å². The molecule has 2 unspecified atom stereocenters. The second kappa shape index (κ2) is 5.40. The molecule has 0 saturated heterocycles. The summed E-state index contributed by atoms with van der Waals surface area (Å²) in [6.45, 7) is 4.46. The average Bonchev–Trinajstić information content (AvgIpc) is 2.09. The average molecular weight is 166 g/mol. The third-order valence-corrected chi connectivity index (χ3v) is 3.07. The lowest BCUT2D eigenvalue weighted by Gasteiger charge is -2.29. The molecule has 0 N–H and O–H groups in total. The number of hydrogen-bond donors (Lipinski definition) is 0. The zero-order valence-corrected chi connectivity index (χ0v) is 8.55. The minimum Gasteiger partial charge on any atom is -0.0914 e. The second-order valence-electron chi connectivity index (χ2n) is 4.02. The molecule has 0 radical (unpaired) electrons. The maximum Gasteiger partial charge on any atom is -0.0205 e. The summed E-state index contributed by atoms with van der Waals surface area (Å²) in [7, 11) is 0. The van der Waals surface area contributed by atoms with Crippen molar-refractivity contribution in [2.75, 3.05) is 0 Å². The lowest BCUT2D eigenvalue weighted by atomic mass is 9.77. The third kappa shape index (κ3) is 2.66. The molecular weight excluding hydrogens is 144 g/mol. The van der Waals surface area contributed by atoms with Crippen LogP contribution in [-0.4, -0.2) is 0 Å². The van der Waals surface area contributed by atoms with Crippen molar-refractivity contribution in [2.24, 2.45) is 11.8 Å². The molecule has 0 aromatic heterocycles. The Morgan fingerprint density at radius 2 is 2.00 bits per heavy atom. The largest absolute Gasteiger partial charge is 0.0914 e. The predicted octanol–water partition coefficient (Wildman–Crippen LogP) is 4.17. The van der Waals surface area contributed by atoms with E-state index in [1.165, 1.54) is 38.5 Å². The summed E-state index contributed by atoms with van der Waals surface area (Å²) in [4.78, 5) is 0. The van der Waals surface area contributed by atoms with Crippen LogP contribution in [0.3, 0.4) is 0 Å². The molecule has 0 amide bonds. The van der Waals surface area contributed by atoms with Gasteiger partial charge < -0.3 is 0 Å². The van der Waals surface area contributed by atoms with Crippen molar-refractivity contribution in [1.82, 2.24) is 0 Å². The first-order chi connectivity index (χ1) is 5.88. The van der Waals surface area contributed by atoms with Crippen LogP contribution < -0.4 is 0 Å². The number of hydrogen-bond acceptors (Lipinski definition) is 0. The van der Waals surface area contributed by atoms with Crippen molar-refractivity contribution in [2.45, 2.75) is 52.4 Å². The molecule has 12 heavy (non-hydrogen) atoms. The summed E-state index contributed by atoms with van der Waals surface area (Å²) in [5.74, 6) is 1.91. The van der Waals surface area contributed by atoms with Crippen molar-refractivity contribution in [1.29, 1.82) is 0 Å². The van der Waals surface area contributed by atoms with Gasteiger partial charge >= 0.3 is 0 Å². The van der Waals surface area contributed by atoms with Gasteiger partial charge in [-0.05, 0) is 31.6 Å². The summed E-state index contributed by atoms with van der Waals surface area (Å²) >= 11 is 0. The van der Waals surface area contributed by atoms with Gasteiger partial charge in [-0.2, -0.15) is 0 Å². The van der Waals surface area contributed by atoms with E-state index in [4.69, 9.17) is 0 Å². The van der Waals surface area contributed by atoms with Crippen LogP contribution in [0.5, 0.6) is 0 Å². The third-order valence-electron chi connectivity index (χ3n) is 3.07. The number of allylic oxidation sites excluding steroid dienone is 2. The summed E-state index contributed by atoms with van der Waals surface area (Å²) in [5, 5.41) is 0. The quantitative estimate of drug-likeness (QED) is 0.552. The fourth-order valence-corrected chi connectivity index (χ4v) is 2.47. The molecule has 0 bridgehead atoms. The van der Waals surface area contributed by atoms with Crippen LogP contribution in [0.2, 0.25) is 0 Å². The highest BCUT2D eigenvalue weighted by Crippen LogP contribution is 2.33. The standard InChI is InChI=1S/C12H22/c1-3-7-11-9-5-6-10-12(11)8-4-2/h3,7,11-12H,4-6,8-10H2,1-2H3/b7-3-. The normalized spacial score (nSPS) is 31.2. The van der Waals surface area contributed by atoms with Crippen LogP contribution in [0, 0.1) is 11.8 Å². The first-order valence-corrected chi connectivity index (χ1v) is 5.51. The van der Waals surface area contributed by atoms with Crippen LogP contribution in [0.15, 0.2) is 12.2 Å². The van der Waals surface area contributed by atoms with Crippen LogP contribution in [0.4, 0.5) is 0 Å². The van der Waals surface area contributed by atoms with Gasteiger partial charge in [0, 0.05) is 0 Å². The highest BCUT2D eigenvalue weighted by molar-refractivity contribution is 4.91. The Balaban J connectivity index is 2.42. The Labute approximate surface area is 77.1 Å². The molecule has 0 aromatic carbocycles. The summed E-state index contributed by atoms with van der Waals surface area (Å²) in [5.41, 5.74) is 0. The summed E-state index contributed by atoms with van der Waals surface area (Å²) in [6.07, 6.45) is 13.3. The summed E-state index contributed by atoms with van der Waals surface area (Å²) in [6, 6.07) is 0. The lowest BCUT2D eigenvalue weighted by Crippen LogP contribution is -2.17. The van der Waals surface area contributed by atoms with E-state index in [2.05, 4.69) is 26.0 Å². The van der Waals surface area contributed by atoms with E-state index >= 15 is 0 Å². The van der Waals surface area contributed by atoms with Crippen molar-refractivity contribution in [3.8, 4) is 0 Å². The number of rotatable bonds is 3. The van der Waals surface area contributed by atoms with E-state index in [9.17, 15) is 0 Å². The molecule has 0 aliphatic heterocycles. The van der Waals surface area contributed by atoms with Gasteiger partial charge in [0.1, 0.15) is 0 Å². The van der Waals surface area contributed by atoms with E-state index in [0.29, 0.717) is 0 Å². The zero-order valence-electron chi connectivity index (χ0n) is 8.55. The second-order valence-corrected chi connectivity index (χ2v) is 4.02. The topological polar surface area (TPSA) is 0 Å². The monoisotopic (exact) mass is 166 g/mol. The molecule has 0 spiro atoms. The maximum absolute atomic E-state index is 2.43. The van der Waals surface area contributed by atoms with Crippen LogP contribution in [-0.2, 0) is 0 Å². The van der Waals surface area contributed by atoms with Gasteiger partial charge in [0.25, 0.3) is 0 Å². The van der Waals surface area contributed by atoms with Gasteiger partial charge in [0.05, 0.1) is 0 Å². The van der Waals surface area contributed by atoms with Crippen LogP contribution in [0.25, 0.3) is 0 Å². The van der Waals surface area contributed by atoms with E-state index in [-0.39, 0.29) is 0 Å². The first kappa shape index (κ1) is 9.83. The fourth-order valence-electron chi connectivity index (χ4n) is 2.47. The van der Waals surface area contributed by atoms with E-state index in [1.54, 1.807) is 0 Å². The molecular formula is C12H22.